The van der Waals surface area contributed by atoms with Crippen molar-refractivity contribution < 1.29 is 24.1 Å². The highest BCUT2D eigenvalue weighted by Gasteiger charge is 2.31. The second-order valence-electron chi connectivity index (χ2n) is 10.6. The van der Waals surface area contributed by atoms with E-state index in [0.29, 0.717) is 0 Å². The number of benzene rings is 5. The van der Waals surface area contributed by atoms with Crippen LogP contribution < -0.4 is 25.4 Å². The van der Waals surface area contributed by atoms with E-state index in [1.165, 1.54) is 0 Å². The summed E-state index contributed by atoms with van der Waals surface area (Å²) in [6.07, 6.45) is 0. The molecule has 40 heavy (non-hydrogen) atoms. The quantitative estimate of drug-likeness (QED) is 0.162. The fourth-order valence-electron chi connectivity index (χ4n) is 5.06. The molecular weight excluding hydrogens is 519 g/mol. The minimum atomic E-state index is -1.36. The van der Waals surface area contributed by atoms with E-state index in [0.717, 1.165) is 54.5 Å². The molecule has 6 heteroatoms. The van der Waals surface area contributed by atoms with Crippen LogP contribution in [0.25, 0.3) is 21.5 Å². The molecule has 0 heterocycles. The Kier molecular flexibility index (Phi) is 8.27. The monoisotopic (exact) mass is 554 g/mol. The van der Waals surface area contributed by atoms with Crippen molar-refractivity contribution >= 4 is 45.4 Å². The number of aromatic hydroxyl groups is 1. The standard InChI is InChI=1S/C34H35O5P/c1-34(2,3)27-15-10-16-28(31(27)35)40(29-19-17-23-11-6-8-13-25(23)32(29)38-21-36-4)30-20-18-24-12-7-9-14-26(24)33(30)39-22-37-5/h6-20,35H,21-22H2,1-5H3. The van der Waals surface area contributed by atoms with Gasteiger partial charge in [0, 0.05) is 40.9 Å². The number of ether oxygens (including phenoxy) is 4. The van der Waals surface area contributed by atoms with Crippen LogP contribution in [0.15, 0.2) is 91.0 Å². The third-order valence-electron chi connectivity index (χ3n) is 6.91. The zero-order valence-corrected chi connectivity index (χ0v) is 24.5. The molecular formula is C34H35O5P. The van der Waals surface area contributed by atoms with E-state index in [9.17, 15) is 5.11 Å². The maximum Gasteiger partial charge on any atom is 0.188 e. The van der Waals surface area contributed by atoms with E-state index in [-0.39, 0.29) is 24.8 Å². The van der Waals surface area contributed by atoms with Crippen LogP contribution in [0.1, 0.15) is 26.3 Å². The molecule has 0 spiro atoms. The molecule has 0 atom stereocenters. The highest BCUT2D eigenvalue weighted by molar-refractivity contribution is 7.80. The topological polar surface area (TPSA) is 57.2 Å². The van der Waals surface area contributed by atoms with Gasteiger partial charge in [-0.1, -0.05) is 99.6 Å². The average molecular weight is 555 g/mol. The van der Waals surface area contributed by atoms with Crippen LogP contribution in [0.5, 0.6) is 17.2 Å². The molecule has 5 rings (SSSR count). The van der Waals surface area contributed by atoms with Crippen molar-refractivity contribution in [2.75, 3.05) is 27.8 Å². The summed E-state index contributed by atoms with van der Waals surface area (Å²) in [5.74, 6) is 1.76. The van der Waals surface area contributed by atoms with Crippen LogP contribution in [0.2, 0.25) is 0 Å². The predicted molar refractivity (Wildman–Crippen MR) is 166 cm³/mol. The van der Waals surface area contributed by atoms with E-state index >= 15 is 0 Å². The minimum absolute atomic E-state index is 0.100. The first-order chi connectivity index (χ1) is 19.3. The number of hydrogen-bond donors (Lipinski definition) is 1. The SMILES string of the molecule is COCOc1c(P(c2cccc(C(C)(C)C)c2O)c2ccc3ccccc3c2OCOC)ccc2ccccc12. The summed E-state index contributed by atoms with van der Waals surface area (Å²) in [6, 6.07) is 30.8. The summed E-state index contributed by atoms with van der Waals surface area (Å²) in [4.78, 5) is 0. The lowest BCUT2D eigenvalue weighted by Gasteiger charge is -2.28. The maximum atomic E-state index is 11.9. The molecule has 0 fully saturated rings. The van der Waals surface area contributed by atoms with Crippen molar-refractivity contribution in [2.45, 2.75) is 26.2 Å². The fraction of sp³-hybridized carbons (Fsp3) is 0.235. The Bertz CT molecular complexity index is 1550. The predicted octanol–water partition coefficient (Wildman–Crippen LogP) is 6.72. The Hall–Kier alpha value is -3.63. The largest absolute Gasteiger partial charge is 0.507 e. The Labute approximate surface area is 237 Å². The van der Waals surface area contributed by atoms with Crippen molar-refractivity contribution in [1.29, 1.82) is 0 Å². The highest BCUT2D eigenvalue weighted by Crippen LogP contribution is 2.47. The van der Waals surface area contributed by atoms with Gasteiger partial charge in [-0.05, 0) is 41.8 Å². The third kappa shape index (κ3) is 5.38. The molecule has 0 aliphatic carbocycles. The van der Waals surface area contributed by atoms with Gasteiger partial charge in [0.25, 0.3) is 0 Å². The lowest BCUT2D eigenvalue weighted by Crippen LogP contribution is -2.26. The number of rotatable bonds is 9. The summed E-state index contributed by atoms with van der Waals surface area (Å²) in [5.41, 5.74) is 0.635. The number of para-hydroxylation sites is 1. The van der Waals surface area contributed by atoms with E-state index in [4.69, 9.17) is 18.9 Å². The van der Waals surface area contributed by atoms with Gasteiger partial charge >= 0.3 is 0 Å². The molecule has 0 amide bonds. The summed E-state index contributed by atoms with van der Waals surface area (Å²) < 4.78 is 23.3. The van der Waals surface area contributed by atoms with E-state index in [1.807, 2.05) is 42.5 Å². The Balaban J connectivity index is 1.88. The van der Waals surface area contributed by atoms with Crippen LogP contribution in [-0.2, 0) is 14.9 Å². The van der Waals surface area contributed by atoms with Gasteiger partial charge in [-0.3, -0.25) is 0 Å². The van der Waals surface area contributed by atoms with Gasteiger partial charge in [0.1, 0.15) is 17.2 Å². The molecule has 0 aromatic heterocycles. The van der Waals surface area contributed by atoms with E-state index in [1.54, 1.807) is 14.2 Å². The van der Waals surface area contributed by atoms with Crippen molar-refractivity contribution in [1.82, 2.24) is 0 Å². The van der Waals surface area contributed by atoms with Crippen molar-refractivity contribution in [2.24, 2.45) is 0 Å². The normalized spacial score (nSPS) is 11.8. The summed E-state index contributed by atoms with van der Waals surface area (Å²) >= 11 is 0. The van der Waals surface area contributed by atoms with Crippen LogP contribution in [0.4, 0.5) is 0 Å². The molecule has 5 aromatic carbocycles. The summed E-state index contributed by atoms with van der Waals surface area (Å²) in [7, 11) is 1.87. The Morgan fingerprint density at radius 1 is 0.600 bits per heavy atom. The fourth-order valence-corrected chi connectivity index (χ4v) is 7.63. The van der Waals surface area contributed by atoms with Gasteiger partial charge in [-0.15, -0.1) is 0 Å². The van der Waals surface area contributed by atoms with E-state index < -0.39 is 7.92 Å². The van der Waals surface area contributed by atoms with Crippen molar-refractivity contribution in [3.8, 4) is 17.2 Å². The minimum Gasteiger partial charge on any atom is -0.507 e. The first-order valence-electron chi connectivity index (χ1n) is 13.2. The number of phenols is 1. The zero-order valence-electron chi connectivity index (χ0n) is 23.6. The number of methoxy groups -OCH3 is 2. The van der Waals surface area contributed by atoms with Crippen molar-refractivity contribution in [3.63, 3.8) is 0 Å². The first kappa shape index (κ1) is 27.9. The van der Waals surface area contributed by atoms with Gasteiger partial charge < -0.3 is 24.1 Å². The molecule has 5 aromatic rings. The molecule has 0 saturated carbocycles. The zero-order chi connectivity index (χ0) is 28.3. The Morgan fingerprint density at radius 2 is 1.10 bits per heavy atom. The second kappa shape index (κ2) is 11.9. The number of phenolic OH excluding ortho intramolecular Hbond substituents is 1. The molecule has 0 aliphatic rings. The van der Waals surface area contributed by atoms with E-state index in [2.05, 4.69) is 69.3 Å². The molecule has 5 nitrogen and oxygen atoms in total. The summed E-state index contributed by atoms with van der Waals surface area (Å²) in [5, 5.41) is 18.7. The first-order valence-corrected chi connectivity index (χ1v) is 14.6. The molecule has 0 radical (unpaired) electrons. The van der Waals surface area contributed by atoms with Crippen LogP contribution in [0, 0.1) is 0 Å². The maximum absolute atomic E-state index is 11.9. The molecule has 1 N–H and O–H groups in total. The lowest BCUT2D eigenvalue weighted by atomic mass is 9.86. The third-order valence-corrected chi connectivity index (χ3v) is 9.42. The smallest absolute Gasteiger partial charge is 0.188 e. The molecule has 206 valence electrons. The molecule has 0 aliphatic heterocycles. The van der Waals surface area contributed by atoms with Gasteiger partial charge in [0.2, 0.25) is 0 Å². The average Bonchev–Trinajstić information content (AvgIpc) is 2.95. The van der Waals surface area contributed by atoms with Crippen molar-refractivity contribution in [3.05, 3.63) is 96.6 Å². The van der Waals surface area contributed by atoms with Crippen LogP contribution in [0.3, 0.4) is 0 Å². The summed E-state index contributed by atoms with van der Waals surface area (Å²) in [6.45, 7) is 6.53. The van der Waals surface area contributed by atoms with Gasteiger partial charge in [0.05, 0.1) is 0 Å². The Morgan fingerprint density at radius 3 is 1.57 bits per heavy atom. The molecule has 0 unspecified atom stereocenters. The molecule has 0 bridgehead atoms. The lowest BCUT2D eigenvalue weighted by molar-refractivity contribution is 0.0529. The van der Waals surface area contributed by atoms with Gasteiger partial charge in [-0.2, -0.15) is 0 Å². The number of hydrogen-bond acceptors (Lipinski definition) is 5. The van der Waals surface area contributed by atoms with Gasteiger partial charge in [-0.25, -0.2) is 0 Å². The van der Waals surface area contributed by atoms with Crippen LogP contribution in [-0.4, -0.2) is 32.9 Å². The van der Waals surface area contributed by atoms with Crippen LogP contribution >= 0.6 is 7.92 Å². The second-order valence-corrected chi connectivity index (χ2v) is 12.7. The highest BCUT2D eigenvalue weighted by atomic mass is 31.1. The number of fused-ring (bicyclic) bond motifs is 2. The van der Waals surface area contributed by atoms with Gasteiger partial charge in [0.15, 0.2) is 13.6 Å². The molecule has 0 saturated heterocycles.